The Morgan fingerprint density at radius 1 is 1.17 bits per heavy atom. The minimum Gasteiger partial charge on any atom is -0.314 e. The molecule has 1 N–H and O–H groups in total. The van der Waals surface area contributed by atoms with Crippen LogP contribution in [0, 0.1) is 6.92 Å². The molecule has 0 unspecified atom stereocenters. The predicted octanol–water partition coefficient (Wildman–Crippen LogP) is 1.33. The van der Waals surface area contributed by atoms with E-state index in [1.807, 2.05) is 0 Å². The van der Waals surface area contributed by atoms with Crippen molar-refractivity contribution in [1.29, 1.82) is 0 Å². The number of nitrogens with zero attached hydrogens (tertiary/aromatic N) is 2. The molecule has 1 fully saturated rings. The highest BCUT2D eigenvalue weighted by Gasteiger charge is 2.09. The molecule has 1 aliphatic rings. The number of piperazine rings is 1. The van der Waals surface area contributed by atoms with E-state index in [0.717, 1.165) is 26.2 Å². The first-order valence-electron chi connectivity index (χ1n) is 6.91. The van der Waals surface area contributed by atoms with Gasteiger partial charge >= 0.3 is 0 Å². The van der Waals surface area contributed by atoms with Crippen molar-refractivity contribution in [3.05, 3.63) is 35.4 Å². The lowest BCUT2D eigenvalue weighted by Crippen LogP contribution is -2.45. The molecule has 0 radical (unpaired) electrons. The zero-order valence-electron chi connectivity index (χ0n) is 11.7. The second kappa shape index (κ2) is 6.88. The van der Waals surface area contributed by atoms with E-state index in [1.165, 1.54) is 30.8 Å². The highest BCUT2D eigenvalue weighted by molar-refractivity contribution is 5.21. The molecule has 1 heterocycles. The van der Waals surface area contributed by atoms with Crippen LogP contribution in [0.4, 0.5) is 0 Å². The Labute approximate surface area is 111 Å². The number of hydrogen-bond acceptors (Lipinski definition) is 3. The van der Waals surface area contributed by atoms with Gasteiger partial charge in [-0.1, -0.05) is 29.8 Å². The molecule has 1 aromatic carbocycles. The Morgan fingerprint density at radius 3 is 2.50 bits per heavy atom. The highest BCUT2D eigenvalue weighted by Crippen LogP contribution is 2.05. The summed E-state index contributed by atoms with van der Waals surface area (Å²) < 4.78 is 0. The quantitative estimate of drug-likeness (QED) is 0.847. The molecule has 3 nitrogen and oxygen atoms in total. The number of benzene rings is 1. The fourth-order valence-electron chi connectivity index (χ4n) is 2.33. The summed E-state index contributed by atoms with van der Waals surface area (Å²) in [5.74, 6) is 0. The first-order chi connectivity index (χ1) is 8.74. The number of hydrogen-bond donors (Lipinski definition) is 1. The van der Waals surface area contributed by atoms with Gasteiger partial charge in [-0.05, 0) is 19.5 Å². The van der Waals surface area contributed by atoms with Crippen LogP contribution in [0.5, 0.6) is 0 Å². The van der Waals surface area contributed by atoms with Crippen molar-refractivity contribution in [2.45, 2.75) is 13.5 Å². The van der Waals surface area contributed by atoms with E-state index in [2.05, 4.69) is 53.4 Å². The van der Waals surface area contributed by atoms with E-state index in [0.29, 0.717) is 0 Å². The van der Waals surface area contributed by atoms with Crippen molar-refractivity contribution in [1.82, 2.24) is 15.1 Å². The molecule has 1 aliphatic heterocycles. The average molecular weight is 247 g/mol. The van der Waals surface area contributed by atoms with Crippen molar-refractivity contribution in [2.75, 3.05) is 46.3 Å². The summed E-state index contributed by atoms with van der Waals surface area (Å²) in [7, 11) is 2.21. The molecule has 0 aliphatic carbocycles. The zero-order chi connectivity index (χ0) is 12.8. The van der Waals surface area contributed by atoms with Crippen molar-refractivity contribution in [3.63, 3.8) is 0 Å². The van der Waals surface area contributed by atoms with Gasteiger partial charge in [-0.3, -0.25) is 4.90 Å². The van der Waals surface area contributed by atoms with Crippen molar-refractivity contribution >= 4 is 0 Å². The van der Waals surface area contributed by atoms with Crippen LogP contribution >= 0.6 is 0 Å². The largest absolute Gasteiger partial charge is 0.314 e. The maximum Gasteiger partial charge on any atom is 0.0231 e. The predicted molar refractivity (Wildman–Crippen MR) is 76.8 cm³/mol. The summed E-state index contributed by atoms with van der Waals surface area (Å²) >= 11 is 0. The molecule has 0 atom stereocenters. The molecule has 0 saturated carbocycles. The third-order valence-corrected chi connectivity index (χ3v) is 3.58. The van der Waals surface area contributed by atoms with Crippen LogP contribution in [-0.4, -0.2) is 56.1 Å². The minimum absolute atomic E-state index is 1.05. The molecular formula is C15H25N3. The van der Waals surface area contributed by atoms with Crippen LogP contribution in [0.15, 0.2) is 24.3 Å². The van der Waals surface area contributed by atoms with E-state index < -0.39 is 0 Å². The van der Waals surface area contributed by atoms with Crippen molar-refractivity contribution in [2.24, 2.45) is 0 Å². The minimum atomic E-state index is 1.05. The molecule has 1 saturated heterocycles. The summed E-state index contributed by atoms with van der Waals surface area (Å²) in [5, 5.41) is 3.39. The van der Waals surface area contributed by atoms with Crippen LogP contribution in [0.25, 0.3) is 0 Å². The number of rotatable bonds is 5. The lowest BCUT2D eigenvalue weighted by molar-refractivity contribution is 0.202. The van der Waals surface area contributed by atoms with E-state index in [-0.39, 0.29) is 0 Å². The van der Waals surface area contributed by atoms with Gasteiger partial charge in [-0.25, -0.2) is 0 Å². The molecule has 3 heteroatoms. The van der Waals surface area contributed by atoms with Gasteiger partial charge in [-0.15, -0.1) is 0 Å². The van der Waals surface area contributed by atoms with Gasteiger partial charge < -0.3 is 10.2 Å². The number of nitrogens with one attached hydrogen (secondary N) is 1. The first kappa shape index (κ1) is 13.5. The average Bonchev–Trinajstić information content (AvgIpc) is 2.40. The molecule has 0 spiro atoms. The Kier molecular flexibility index (Phi) is 5.17. The maximum absolute atomic E-state index is 3.39. The third kappa shape index (κ3) is 4.41. The topological polar surface area (TPSA) is 18.5 Å². The second-order valence-electron chi connectivity index (χ2n) is 5.32. The normalized spacial score (nSPS) is 17.3. The highest BCUT2D eigenvalue weighted by atomic mass is 15.2. The Bertz CT molecular complexity index is 341. The van der Waals surface area contributed by atoms with Gasteiger partial charge in [0, 0.05) is 45.8 Å². The summed E-state index contributed by atoms with van der Waals surface area (Å²) in [4.78, 5) is 4.95. The second-order valence-corrected chi connectivity index (χ2v) is 5.32. The van der Waals surface area contributed by atoms with Gasteiger partial charge in [0.25, 0.3) is 0 Å². The lowest BCUT2D eigenvalue weighted by Gasteiger charge is -2.29. The fraction of sp³-hybridized carbons (Fsp3) is 0.600. The van der Waals surface area contributed by atoms with Crippen LogP contribution in [0.3, 0.4) is 0 Å². The molecule has 18 heavy (non-hydrogen) atoms. The van der Waals surface area contributed by atoms with Gasteiger partial charge in [0.2, 0.25) is 0 Å². The first-order valence-corrected chi connectivity index (χ1v) is 6.91. The molecule has 100 valence electrons. The van der Waals surface area contributed by atoms with Crippen LogP contribution < -0.4 is 5.32 Å². The zero-order valence-corrected chi connectivity index (χ0v) is 11.7. The van der Waals surface area contributed by atoms with Gasteiger partial charge in [0.1, 0.15) is 0 Å². The molecule has 0 amide bonds. The summed E-state index contributed by atoms with van der Waals surface area (Å²) in [6, 6.07) is 8.85. The molecule has 1 aromatic rings. The summed E-state index contributed by atoms with van der Waals surface area (Å²) in [6.45, 7) is 10.2. The van der Waals surface area contributed by atoms with Gasteiger partial charge in [-0.2, -0.15) is 0 Å². The Hall–Kier alpha value is -0.900. The van der Waals surface area contributed by atoms with Crippen molar-refractivity contribution < 1.29 is 0 Å². The molecular weight excluding hydrogens is 222 g/mol. The Balaban J connectivity index is 1.71. The van der Waals surface area contributed by atoms with Gasteiger partial charge in [0.15, 0.2) is 0 Å². The van der Waals surface area contributed by atoms with E-state index >= 15 is 0 Å². The molecule has 0 bridgehead atoms. The van der Waals surface area contributed by atoms with Crippen molar-refractivity contribution in [3.8, 4) is 0 Å². The summed E-state index contributed by atoms with van der Waals surface area (Å²) in [6.07, 6.45) is 0. The smallest absolute Gasteiger partial charge is 0.0231 e. The SMILES string of the molecule is Cc1ccc(CN(C)CCN2CCNCC2)cc1. The van der Waals surface area contributed by atoms with E-state index in [9.17, 15) is 0 Å². The monoisotopic (exact) mass is 247 g/mol. The lowest BCUT2D eigenvalue weighted by atomic mass is 10.1. The van der Waals surface area contributed by atoms with E-state index in [1.54, 1.807) is 0 Å². The Morgan fingerprint density at radius 2 is 1.83 bits per heavy atom. The van der Waals surface area contributed by atoms with Crippen LogP contribution in [0.1, 0.15) is 11.1 Å². The molecule has 2 rings (SSSR count). The van der Waals surface area contributed by atoms with Crippen LogP contribution in [0.2, 0.25) is 0 Å². The fourth-order valence-corrected chi connectivity index (χ4v) is 2.33. The number of likely N-dealkylation sites (N-methyl/N-ethyl adjacent to an activating group) is 1. The number of aryl methyl sites for hydroxylation is 1. The standard InChI is InChI=1S/C15H25N3/c1-14-3-5-15(6-4-14)13-17(2)11-12-18-9-7-16-8-10-18/h3-6,16H,7-13H2,1-2H3. The maximum atomic E-state index is 3.39. The van der Waals surface area contributed by atoms with E-state index in [4.69, 9.17) is 0 Å². The molecule has 0 aromatic heterocycles. The third-order valence-electron chi connectivity index (χ3n) is 3.58. The van der Waals surface area contributed by atoms with Gasteiger partial charge in [0.05, 0.1) is 0 Å². The van der Waals surface area contributed by atoms with Crippen LogP contribution in [-0.2, 0) is 6.54 Å². The summed E-state index contributed by atoms with van der Waals surface area (Å²) in [5.41, 5.74) is 2.74.